The van der Waals surface area contributed by atoms with Crippen molar-refractivity contribution in [2.45, 2.75) is 31.4 Å². The predicted octanol–water partition coefficient (Wildman–Crippen LogP) is 6.10. The first-order valence-corrected chi connectivity index (χ1v) is 9.47. The summed E-state index contributed by atoms with van der Waals surface area (Å²) >= 11 is 3.40. The van der Waals surface area contributed by atoms with Crippen LogP contribution in [0.1, 0.15) is 36.9 Å². The van der Waals surface area contributed by atoms with Gasteiger partial charge in [0, 0.05) is 35.5 Å². The number of halogens is 3. The van der Waals surface area contributed by atoms with Gasteiger partial charge >= 0.3 is 6.09 Å². The van der Waals surface area contributed by atoms with Crippen LogP contribution in [-0.4, -0.2) is 17.5 Å². The summed E-state index contributed by atoms with van der Waals surface area (Å²) < 4.78 is 34.4. The van der Waals surface area contributed by atoms with E-state index in [9.17, 15) is 13.6 Å². The number of ether oxygens (including phenoxy) is 1. The first kappa shape index (κ1) is 19.5. The average molecular weight is 436 g/mol. The molecule has 1 unspecified atom stereocenters. The molecule has 0 aromatic heterocycles. The normalized spacial score (nSPS) is 20.9. The summed E-state index contributed by atoms with van der Waals surface area (Å²) in [7, 11) is 0. The second kappa shape index (κ2) is 7.80. The molecule has 1 saturated heterocycles. The van der Waals surface area contributed by atoms with Gasteiger partial charge in [-0.05, 0) is 36.8 Å². The van der Waals surface area contributed by atoms with Crippen molar-refractivity contribution < 1.29 is 18.3 Å². The van der Waals surface area contributed by atoms with Crippen molar-refractivity contribution in [1.82, 2.24) is 4.90 Å². The molecule has 0 saturated carbocycles. The van der Waals surface area contributed by atoms with Gasteiger partial charge in [-0.3, -0.25) is 0 Å². The van der Waals surface area contributed by atoms with E-state index >= 15 is 0 Å². The first-order chi connectivity index (χ1) is 12.9. The summed E-state index contributed by atoms with van der Waals surface area (Å²) in [4.78, 5) is 14.4. The lowest BCUT2D eigenvalue weighted by molar-refractivity contribution is -0.0606. The molecule has 2 atom stereocenters. The van der Waals surface area contributed by atoms with Crippen LogP contribution < -0.4 is 0 Å². The number of hydrogen-bond donors (Lipinski definition) is 0. The van der Waals surface area contributed by atoms with E-state index in [-0.39, 0.29) is 18.0 Å². The lowest BCUT2D eigenvalue weighted by Crippen LogP contribution is -2.48. The molecular weight excluding hydrogens is 416 g/mol. The summed E-state index contributed by atoms with van der Waals surface area (Å²) in [5.74, 6) is -1.39. The fourth-order valence-electron chi connectivity index (χ4n) is 3.48. The maximum atomic E-state index is 14.4. The molecule has 6 heteroatoms. The first-order valence-electron chi connectivity index (χ1n) is 8.68. The second-order valence-corrected chi connectivity index (χ2v) is 7.57. The Labute approximate surface area is 165 Å². The number of nitrogens with zero attached hydrogens (tertiary/aromatic N) is 1. The molecule has 0 N–H and O–H groups in total. The minimum Gasteiger partial charge on any atom is -0.437 e. The average Bonchev–Trinajstić information content (AvgIpc) is 2.62. The molecule has 1 amide bonds. The molecule has 142 valence electrons. The maximum absolute atomic E-state index is 14.4. The third-order valence-electron chi connectivity index (χ3n) is 4.99. The van der Waals surface area contributed by atoms with Gasteiger partial charge in [0.25, 0.3) is 0 Å². The van der Waals surface area contributed by atoms with E-state index in [1.54, 1.807) is 11.0 Å². The van der Waals surface area contributed by atoms with Gasteiger partial charge in [-0.25, -0.2) is 13.6 Å². The van der Waals surface area contributed by atoms with Crippen LogP contribution in [0.5, 0.6) is 0 Å². The smallest absolute Gasteiger partial charge is 0.411 e. The molecule has 0 radical (unpaired) electrons. The molecule has 1 fully saturated rings. The van der Waals surface area contributed by atoms with E-state index < -0.39 is 23.3 Å². The molecule has 0 aliphatic carbocycles. The van der Waals surface area contributed by atoms with Crippen molar-refractivity contribution in [2.75, 3.05) is 6.54 Å². The monoisotopic (exact) mass is 435 g/mol. The van der Waals surface area contributed by atoms with Gasteiger partial charge in [0.2, 0.25) is 0 Å². The van der Waals surface area contributed by atoms with Gasteiger partial charge in [0.1, 0.15) is 17.2 Å². The number of amides is 1. The Morgan fingerprint density at radius 2 is 2.00 bits per heavy atom. The fraction of sp³-hybridized carbons (Fsp3) is 0.286. The zero-order chi connectivity index (χ0) is 19.6. The molecule has 3 rings (SSSR count). The van der Waals surface area contributed by atoms with Gasteiger partial charge in [-0.15, -0.1) is 6.58 Å². The van der Waals surface area contributed by atoms with Gasteiger partial charge in [-0.1, -0.05) is 34.1 Å². The Balaban J connectivity index is 1.87. The summed E-state index contributed by atoms with van der Waals surface area (Å²) in [5.41, 5.74) is -0.0283. The number of benzene rings is 2. The summed E-state index contributed by atoms with van der Waals surface area (Å²) in [6, 6.07) is 10.8. The molecule has 27 heavy (non-hydrogen) atoms. The lowest BCUT2D eigenvalue weighted by atomic mass is 9.85. The van der Waals surface area contributed by atoms with E-state index in [1.807, 2.05) is 31.2 Å². The zero-order valence-corrected chi connectivity index (χ0v) is 16.5. The summed E-state index contributed by atoms with van der Waals surface area (Å²) in [6.45, 7) is 6.01. The van der Waals surface area contributed by atoms with Crippen molar-refractivity contribution in [3.63, 3.8) is 0 Å². The van der Waals surface area contributed by atoms with Crippen LogP contribution in [0.3, 0.4) is 0 Å². The van der Waals surface area contributed by atoms with Gasteiger partial charge in [0.15, 0.2) is 0 Å². The molecule has 2 aromatic rings. The second-order valence-electron chi connectivity index (χ2n) is 6.65. The van der Waals surface area contributed by atoms with E-state index in [4.69, 9.17) is 4.74 Å². The van der Waals surface area contributed by atoms with Gasteiger partial charge in [0.05, 0.1) is 6.04 Å². The SMILES string of the molecule is C=CCC1(c2ccc(F)cc2F)CCN([C@@H](C)c2ccc(Br)cc2)C(=O)O1. The summed E-state index contributed by atoms with van der Waals surface area (Å²) in [5, 5.41) is 0. The lowest BCUT2D eigenvalue weighted by Gasteiger charge is -2.43. The Kier molecular flexibility index (Phi) is 5.65. The molecule has 0 bridgehead atoms. The highest BCUT2D eigenvalue weighted by molar-refractivity contribution is 9.10. The fourth-order valence-corrected chi connectivity index (χ4v) is 3.74. The topological polar surface area (TPSA) is 29.5 Å². The van der Waals surface area contributed by atoms with Crippen molar-refractivity contribution in [3.8, 4) is 0 Å². The zero-order valence-electron chi connectivity index (χ0n) is 14.9. The standard InChI is InChI=1S/C21H20BrF2NO2/c1-3-10-21(18-9-8-17(23)13-19(18)24)11-12-25(20(26)27-21)14(2)15-4-6-16(22)7-5-15/h3-9,13-14H,1,10-12H2,2H3/t14-,21?/m0/s1. The van der Waals surface area contributed by atoms with Crippen LogP contribution in [-0.2, 0) is 10.3 Å². The number of hydrogen-bond acceptors (Lipinski definition) is 2. The quantitative estimate of drug-likeness (QED) is 0.530. The molecule has 2 aromatic carbocycles. The Morgan fingerprint density at radius 1 is 1.30 bits per heavy atom. The molecule has 1 aliphatic rings. The molecule has 3 nitrogen and oxygen atoms in total. The van der Waals surface area contributed by atoms with Crippen LogP contribution in [0.4, 0.5) is 13.6 Å². The van der Waals surface area contributed by atoms with Crippen LogP contribution >= 0.6 is 15.9 Å². The van der Waals surface area contributed by atoms with Crippen LogP contribution in [0.25, 0.3) is 0 Å². The van der Waals surface area contributed by atoms with E-state index in [0.717, 1.165) is 16.1 Å². The minimum atomic E-state index is -1.17. The minimum absolute atomic E-state index is 0.174. The number of carbonyl (C=O) groups is 1. The predicted molar refractivity (Wildman–Crippen MR) is 103 cm³/mol. The van der Waals surface area contributed by atoms with Crippen molar-refractivity contribution in [3.05, 3.63) is 82.4 Å². The maximum Gasteiger partial charge on any atom is 0.411 e. The number of cyclic esters (lactones) is 1. The third kappa shape index (κ3) is 3.90. The number of rotatable bonds is 5. The van der Waals surface area contributed by atoms with Crippen molar-refractivity contribution in [1.29, 1.82) is 0 Å². The molecule has 0 spiro atoms. The van der Waals surface area contributed by atoms with E-state index in [2.05, 4.69) is 22.5 Å². The Hall–Kier alpha value is -2.21. The third-order valence-corrected chi connectivity index (χ3v) is 5.52. The number of carbonyl (C=O) groups excluding carboxylic acids is 1. The highest BCUT2D eigenvalue weighted by Crippen LogP contribution is 2.41. The Morgan fingerprint density at radius 3 is 2.59 bits per heavy atom. The highest BCUT2D eigenvalue weighted by Gasteiger charge is 2.44. The Bertz CT molecular complexity index is 856. The van der Waals surface area contributed by atoms with Crippen LogP contribution in [0, 0.1) is 11.6 Å². The highest BCUT2D eigenvalue weighted by atomic mass is 79.9. The van der Waals surface area contributed by atoms with E-state index in [0.29, 0.717) is 13.0 Å². The van der Waals surface area contributed by atoms with Crippen molar-refractivity contribution >= 4 is 22.0 Å². The van der Waals surface area contributed by atoms with Gasteiger partial charge < -0.3 is 9.64 Å². The van der Waals surface area contributed by atoms with Crippen LogP contribution in [0.2, 0.25) is 0 Å². The van der Waals surface area contributed by atoms with Crippen LogP contribution in [0.15, 0.2) is 59.6 Å². The summed E-state index contributed by atoms with van der Waals surface area (Å²) in [6.07, 6.45) is 1.70. The van der Waals surface area contributed by atoms with Gasteiger partial charge in [-0.2, -0.15) is 0 Å². The molecule has 1 aliphatic heterocycles. The molecule has 1 heterocycles. The molecular formula is C21H20BrF2NO2. The van der Waals surface area contributed by atoms with Crippen molar-refractivity contribution in [2.24, 2.45) is 0 Å². The van der Waals surface area contributed by atoms with E-state index in [1.165, 1.54) is 12.1 Å². The largest absolute Gasteiger partial charge is 0.437 e.